The van der Waals surface area contributed by atoms with E-state index < -0.39 is 0 Å². The van der Waals surface area contributed by atoms with Crippen molar-refractivity contribution in [1.82, 2.24) is 15.5 Å². The zero-order valence-electron chi connectivity index (χ0n) is 14.6. The van der Waals surface area contributed by atoms with Gasteiger partial charge in [-0.2, -0.15) is 0 Å². The van der Waals surface area contributed by atoms with Crippen LogP contribution >= 0.6 is 24.0 Å². The lowest BCUT2D eigenvalue weighted by Crippen LogP contribution is -2.42. The van der Waals surface area contributed by atoms with Gasteiger partial charge < -0.3 is 20.3 Å². The van der Waals surface area contributed by atoms with E-state index in [0.717, 1.165) is 38.7 Å². The Bertz CT molecular complexity index is 283. The number of hydrogen-bond acceptors (Lipinski definition) is 3. The van der Waals surface area contributed by atoms with Crippen LogP contribution in [0, 0.1) is 5.92 Å². The van der Waals surface area contributed by atoms with E-state index in [1.165, 1.54) is 38.9 Å². The number of halogens is 1. The molecule has 1 fully saturated rings. The number of nitrogens with zero attached hydrogens (tertiary/aromatic N) is 2. The molecule has 0 bridgehead atoms. The number of aliphatic imine (C=N–C) groups is 1. The zero-order chi connectivity index (χ0) is 15.3. The molecule has 1 rings (SSSR count). The van der Waals surface area contributed by atoms with Crippen LogP contribution < -0.4 is 10.6 Å². The normalized spacial score (nSPS) is 17.7. The number of hydrogen-bond donors (Lipinski definition) is 2. The van der Waals surface area contributed by atoms with Gasteiger partial charge in [-0.3, -0.25) is 4.99 Å². The summed E-state index contributed by atoms with van der Waals surface area (Å²) >= 11 is 0. The summed E-state index contributed by atoms with van der Waals surface area (Å²) in [4.78, 5) is 6.86. The Balaban J connectivity index is 0.00000441. The Morgan fingerprint density at radius 1 is 1.23 bits per heavy atom. The van der Waals surface area contributed by atoms with Gasteiger partial charge in [0.05, 0.1) is 0 Å². The molecule has 0 aromatic rings. The second kappa shape index (κ2) is 14.5. The molecule has 0 radical (unpaired) electrons. The van der Waals surface area contributed by atoms with Gasteiger partial charge in [-0.15, -0.1) is 24.0 Å². The predicted octanol–water partition coefficient (Wildman–Crippen LogP) is 2.32. The lowest BCUT2D eigenvalue weighted by atomic mass is 10.1. The van der Waals surface area contributed by atoms with Crippen LogP contribution in [0.4, 0.5) is 0 Å². The SMILES string of the molecule is CCOCCCNC(=NC)NCC(C)CN1CCCCC1.I. The van der Waals surface area contributed by atoms with E-state index in [1.807, 2.05) is 14.0 Å². The fourth-order valence-corrected chi connectivity index (χ4v) is 2.66. The van der Waals surface area contributed by atoms with Crippen LogP contribution in [0.2, 0.25) is 0 Å². The average molecular weight is 426 g/mol. The largest absolute Gasteiger partial charge is 0.382 e. The minimum Gasteiger partial charge on any atom is -0.382 e. The van der Waals surface area contributed by atoms with Crippen LogP contribution in [-0.2, 0) is 4.74 Å². The first-order valence-electron chi connectivity index (χ1n) is 8.50. The third-order valence-electron chi connectivity index (χ3n) is 3.82. The molecule has 1 atom stereocenters. The molecule has 1 saturated heterocycles. The van der Waals surface area contributed by atoms with Gasteiger partial charge in [-0.1, -0.05) is 13.3 Å². The summed E-state index contributed by atoms with van der Waals surface area (Å²) in [7, 11) is 1.83. The van der Waals surface area contributed by atoms with E-state index >= 15 is 0 Å². The maximum atomic E-state index is 5.33. The second-order valence-corrected chi connectivity index (χ2v) is 5.90. The van der Waals surface area contributed by atoms with Gasteiger partial charge in [0.1, 0.15) is 0 Å². The van der Waals surface area contributed by atoms with Crippen molar-refractivity contribution in [2.45, 2.75) is 39.5 Å². The maximum absolute atomic E-state index is 5.33. The third kappa shape index (κ3) is 10.6. The highest BCUT2D eigenvalue weighted by atomic mass is 127. The molecule has 0 aliphatic carbocycles. The number of likely N-dealkylation sites (tertiary alicyclic amines) is 1. The van der Waals surface area contributed by atoms with Gasteiger partial charge >= 0.3 is 0 Å². The van der Waals surface area contributed by atoms with E-state index in [1.54, 1.807) is 0 Å². The van der Waals surface area contributed by atoms with Crippen LogP contribution in [0.1, 0.15) is 39.5 Å². The molecule has 0 aromatic heterocycles. The lowest BCUT2D eigenvalue weighted by Gasteiger charge is -2.29. The Morgan fingerprint density at radius 3 is 2.59 bits per heavy atom. The van der Waals surface area contributed by atoms with Crippen molar-refractivity contribution in [2.75, 3.05) is 53.0 Å². The number of guanidine groups is 1. The van der Waals surface area contributed by atoms with Gasteiger partial charge in [-0.05, 0) is 45.2 Å². The molecule has 0 spiro atoms. The van der Waals surface area contributed by atoms with E-state index in [0.29, 0.717) is 5.92 Å². The van der Waals surface area contributed by atoms with Gasteiger partial charge in [0.25, 0.3) is 0 Å². The molecular formula is C16H35IN4O. The van der Waals surface area contributed by atoms with Gasteiger partial charge in [0.2, 0.25) is 0 Å². The highest BCUT2D eigenvalue weighted by Crippen LogP contribution is 2.10. The predicted molar refractivity (Wildman–Crippen MR) is 105 cm³/mol. The van der Waals surface area contributed by atoms with Crippen LogP contribution in [0.15, 0.2) is 4.99 Å². The van der Waals surface area contributed by atoms with E-state index in [2.05, 4.69) is 27.4 Å². The summed E-state index contributed by atoms with van der Waals surface area (Å²) in [5, 5.41) is 6.75. The standard InChI is InChI=1S/C16H34N4O.HI/c1-4-21-12-8-9-18-16(17-3)19-13-15(2)14-20-10-6-5-7-11-20;/h15H,4-14H2,1-3H3,(H2,17,18,19);1H. The summed E-state index contributed by atoms with van der Waals surface area (Å²) in [6.07, 6.45) is 5.14. The summed E-state index contributed by atoms with van der Waals surface area (Å²) in [5.74, 6) is 1.54. The number of nitrogens with one attached hydrogen (secondary N) is 2. The van der Waals surface area contributed by atoms with Crippen molar-refractivity contribution in [1.29, 1.82) is 0 Å². The molecule has 132 valence electrons. The Labute approximate surface area is 153 Å². The smallest absolute Gasteiger partial charge is 0.190 e. The first-order valence-corrected chi connectivity index (χ1v) is 8.50. The molecule has 1 heterocycles. The summed E-state index contributed by atoms with van der Waals surface area (Å²) in [6.45, 7) is 11.5. The second-order valence-electron chi connectivity index (χ2n) is 5.90. The van der Waals surface area contributed by atoms with Gasteiger partial charge in [0.15, 0.2) is 5.96 Å². The third-order valence-corrected chi connectivity index (χ3v) is 3.82. The van der Waals surface area contributed by atoms with Gasteiger partial charge in [-0.25, -0.2) is 0 Å². The highest BCUT2D eigenvalue weighted by molar-refractivity contribution is 14.0. The monoisotopic (exact) mass is 426 g/mol. The number of rotatable bonds is 9. The molecule has 22 heavy (non-hydrogen) atoms. The van der Waals surface area contributed by atoms with Crippen molar-refractivity contribution < 1.29 is 4.74 Å². The van der Waals surface area contributed by atoms with Crippen LogP contribution in [0.3, 0.4) is 0 Å². The summed E-state index contributed by atoms with van der Waals surface area (Å²) in [5.41, 5.74) is 0. The highest BCUT2D eigenvalue weighted by Gasteiger charge is 2.13. The minimum atomic E-state index is 0. The molecule has 0 aromatic carbocycles. The minimum absolute atomic E-state index is 0. The van der Waals surface area contributed by atoms with E-state index in [-0.39, 0.29) is 24.0 Å². The molecule has 0 amide bonds. The topological polar surface area (TPSA) is 48.9 Å². The molecular weight excluding hydrogens is 391 g/mol. The van der Waals surface area contributed by atoms with Crippen molar-refractivity contribution in [2.24, 2.45) is 10.9 Å². The van der Waals surface area contributed by atoms with Crippen LogP contribution in [-0.4, -0.2) is 63.8 Å². The molecule has 1 unspecified atom stereocenters. The Kier molecular flexibility index (Phi) is 14.5. The number of piperidine rings is 1. The molecule has 6 heteroatoms. The quantitative estimate of drug-likeness (QED) is 0.257. The van der Waals surface area contributed by atoms with Crippen LogP contribution in [0.25, 0.3) is 0 Å². The van der Waals surface area contributed by atoms with Gasteiger partial charge in [0, 0.05) is 39.9 Å². The van der Waals surface area contributed by atoms with Crippen molar-refractivity contribution in [3.63, 3.8) is 0 Å². The molecule has 1 aliphatic heterocycles. The molecule has 1 aliphatic rings. The van der Waals surface area contributed by atoms with Crippen molar-refractivity contribution >= 4 is 29.9 Å². The Hall–Kier alpha value is -0.0800. The van der Waals surface area contributed by atoms with Crippen LogP contribution in [0.5, 0.6) is 0 Å². The average Bonchev–Trinajstić information content (AvgIpc) is 2.51. The zero-order valence-corrected chi connectivity index (χ0v) is 16.9. The first-order chi connectivity index (χ1) is 10.3. The fraction of sp³-hybridized carbons (Fsp3) is 0.938. The van der Waals surface area contributed by atoms with Crippen molar-refractivity contribution in [3.8, 4) is 0 Å². The van der Waals surface area contributed by atoms with E-state index in [9.17, 15) is 0 Å². The summed E-state index contributed by atoms with van der Waals surface area (Å²) in [6, 6.07) is 0. The van der Waals surface area contributed by atoms with Crippen molar-refractivity contribution in [3.05, 3.63) is 0 Å². The molecule has 5 nitrogen and oxygen atoms in total. The maximum Gasteiger partial charge on any atom is 0.190 e. The summed E-state index contributed by atoms with van der Waals surface area (Å²) < 4.78 is 5.33. The fourth-order valence-electron chi connectivity index (χ4n) is 2.66. The van der Waals surface area contributed by atoms with E-state index in [4.69, 9.17) is 4.74 Å². The molecule has 2 N–H and O–H groups in total. The Morgan fingerprint density at radius 2 is 1.95 bits per heavy atom. The lowest BCUT2D eigenvalue weighted by molar-refractivity contribution is 0.145. The molecule has 0 saturated carbocycles. The number of ether oxygens (including phenoxy) is 1. The first kappa shape index (κ1) is 21.9.